The third-order valence-electron chi connectivity index (χ3n) is 4.57. The van der Waals surface area contributed by atoms with E-state index in [1.54, 1.807) is 0 Å². The van der Waals surface area contributed by atoms with Crippen LogP contribution in [0.25, 0.3) is 0 Å². The Bertz CT molecular complexity index is 793. The number of rotatable bonds is 5. The highest BCUT2D eigenvalue weighted by atomic mass is 79.9. The molecule has 1 unspecified atom stereocenters. The van der Waals surface area contributed by atoms with Crippen LogP contribution in [0.3, 0.4) is 0 Å². The molecule has 26 heavy (non-hydrogen) atoms. The summed E-state index contributed by atoms with van der Waals surface area (Å²) in [5.41, 5.74) is 4.85. The van der Waals surface area contributed by atoms with Crippen molar-refractivity contribution in [3.63, 3.8) is 0 Å². The van der Waals surface area contributed by atoms with Crippen LogP contribution in [0.5, 0.6) is 5.75 Å². The molecule has 2 rings (SSSR count). The van der Waals surface area contributed by atoms with Gasteiger partial charge < -0.3 is 10.1 Å². The molecule has 0 aliphatic rings. The van der Waals surface area contributed by atoms with Crippen LogP contribution >= 0.6 is 15.9 Å². The van der Waals surface area contributed by atoms with Crippen LogP contribution in [-0.4, -0.2) is 12.5 Å². The second-order valence-corrected chi connectivity index (χ2v) is 8.67. The summed E-state index contributed by atoms with van der Waals surface area (Å²) in [5.74, 6) is 0.537. The highest BCUT2D eigenvalue weighted by Gasteiger charge is 2.16. The predicted octanol–water partition coefficient (Wildman–Crippen LogP) is 5.62. The van der Waals surface area contributed by atoms with Crippen LogP contribution in [0.15, 0.2) is 40.9 Å². The normalized spacial score (nSPS) is 12.6. The van der Waals surface area contributed by atoms with Crippen LogP contribution in [-0.2, 0) is 10.2 Å². The number of nitrogens with one attached hydrogen (secondary N) is 1. The first-order valence-corrected chi connectivity index (χ1v) is 9.66. The Morgan fingerprint density at radius 2 is 1.81 bits per heavy atom. The Morgan fingerprint density at radius 3 is 2.38 bits per heavy atom. The van der Waals surface area contributed by atoms with Gasteiger partial charge in [0, 0.05) is 0 Å². The summed E-state index contributed by atoms with van der Waals surface area (Å²) < 4.78 is 6.55. The van der Waals surface area contributed by atoms with Gasteiger partial charge in [0.25, 0.3) is 5.91 Å². The zero-order valence-electron chi connectivity index (χ0n) is 16.4. The average molecular weight is 418 g/mol. The molecule has 140 valence electrons. The Kier molecular flexibility index (Phi) is 6.51. The van der Waals surface area contributed by atoms with Gasteiger partial charge in [0.2, 0.25) is 0 Å². The minimum Gasteiger partial charge on any atom is -0.483 e. The van der Waals surface area contributed by atoms with Gasteiger partial charge >= 0.3 is 0 Å². The van der Waals surface area contributed by atoms with Crippen molar-refractivity contribution in [3.8, 4) is 5.75 Å². The zero-order chi connectivity index (χ0) is 19.5. The van der Waals surface area contributed by atoms with E-state index in [0.717, 1.165) is 10.0 Å². The summed E-state index contributed by atoms with van der Waals surface area (Å²) in [7, 11) is 0. The van der Waals surface area contributed by atoms with E-state index < -0.39 is 0 Å². The minimum atomic E-state index is -0.137. The fourth-order valence-electron chi connectivity index (χ4n) is 2.63. The fraction of sp³-hybridized carbons (Fsp3) is 0.409. The number of amides is 1. The molecule has 1 amide bonds. The number of benzene rings is 2. The zero-order valence-corrected chi connectivity index (χ0v) is 18.0. The van der Waals surface area contributed by atoms with E-state index >= 15 is 0 Å². The highest BCUT2D eigenvalue weighted by molar-refractivity contribution is 9.10. The molecule has 1 atom stereocenters. The topological polar surface area (TPSA) is 38.3 Å². The molecule has 2 aromatic rings. The molecule has 0 fully saturated rings. The first kappa shape index (κ1) is 20.5. The summed E-state index contributed by atoms with van der Waals surface area (Å²) in [6.07, 6.45) is 0. The maximum Gasteiger partial charge on any atom is 0.258 e. The van der Waals surface area contributed by atoms with E-state index in [0.29, 0.717) is 5.75 Å². The van der Waals surface area contributed by atoms with Crippen molar-refractivity contribution in [3.05, 3.63) is 63.1 Å². The third kappa shape index (κ3) is 5.34. The van der Waals surface area contributed by atoms with E-state index in [2.05, 4.69) is 74.1 Å². The molecule has 3 nitrogen and oxygen atoms in total. The quantitative estimate of drug-likeness (QED) is 0.685. The van der Waals surface area contributed by atoms with Crippen LogP contribution in [0, 0.1) is 13.8 Å². The predicted molar refractivity (Wildman–Crippen MR) is 111 cm³/mol. The molecule has 0 saturated carbocycles. The Hall–Kier alpha value is -1.81. The molecule has 0 radical (unpaired) electrons. The largest absolute Gasteiger partial charge is 0.483 e. The first-order valence-electron chi connectivity index (χ1n) is 8.87. The molecule has 0 aliphatic carbocycles. The minimum absolute atomic E-state index is 0.0113. The van der Waals surface area contributed by atoms with Crippen molar-refractivity contribution in [1.82, 2.24) is 5.32 Å². The average Bonchev–Trinajstić information content (AvgIpc) is 2.55. The number of hydrogen-bond donors (Lipinski definition) is 1. The number of aryl methyl sites for hydroxylation is 2. The standard InChI is InChI=1S/C22H28BrNO2/c1-14-7-8-17(11-15(14)2)16(3)24-21(25)13-26-20-10-9-18(12-19(20)23)22(4,5)6/h7-12,16H,13H2,1-6H3,(H,24,25). The van der Waals surface area contributed by atoms with Crippen molar-refractivity contribution in [2.45, 2.75) is 53.0 Å². The number of halogens is 1. The molecular formula is C22H28BrNO2. The molecule has 0 saturated heterocycles. The van der Waals surface area contributed by atoms with Crippen molar-refractivity contribution < 1.29 is 9.53 Å². The van der Waals surface area contributed by atoms with Gasteiger partial charge in [-0.05, 0) is 76.5 Å². The molecule has 4 heteroatoms. The van der Waals surface area contributed by atoms with Gasteiger partial charge in [-0.3, -0.25) is 4.79 Å². The lowest BCUT2D eigenvalue weighted by molar-refractivity contribution is -0.123. The monoisotopic (exact) mass is 417 g/mol. The summed E-state index contributed by atoms with van der Waals surface area (Å²) in [6, 6.07) is 12.2. The summed E-state index contributed by atoms with van der Waals surface area (Å²) in [6.45, 7) is 12.6. The van der Waals surface area contributed by atoms with E-state index in [-0.39, 0.29) is 24.0 Å². The van der Waals surface area contributed by atoms with Crippen molar-refractivity contribution in [1.29, 1.82) is 0 Å². The van der Waals surface area contributed by atoms with Gasteiger partial charge in [0.05, 0.1) is 10.5 Å². The molecule has 0 heterocycles. The van der Waals surface area contributed by atoms with Gasteiger partial charge in [0.15, 0.2) is 6.61 Å². The number of ether oxygens (including phenoxy) is 1. The van der Waals surface area contributed by atoms with Crippen LogP contribution in [0.1, 0.15) is 56.0 Å². The molecule has 0 aliphatic heterocycles. The molecule has 1 N–H and O–H groups in total. The fourth-order valence-corrected chi connectivity index (χ4v) is 3.12. The number of carbonyl (C=O) groups is 1. The van der Waals surface area contributed by atoms with Crippen molar-refractivity contribution in [2.24, 2.45) is 0 Å². The lowest BCUT2D eigenvalue weighted by atomic mass is 9.87. The lowest BCUT2D eigenvalue weighted by Crippen LogP contribution is -2.31. The van der Waals surface area contributed by atoms with Gasteiger partial charge in [0.1, 0.15) is 5.75 Å². The van der Waals surface area contributed by atoms with Gasteiger partial charge in [-0.2, -0.15) is 0 Å². The summed E-state index contributed by atoms with van der Waals surface area (Å²) in [4.78, 5) is 12.2. The van der Waals surface area contributed by atoms with Gasteiger partial charge in [-0.15, -0.1) is 0 Å². The summed E-state index contributed by atoms with van der Waals surface area (Å²) >= 11 is 3.54. The van der Waals surface area contributed by atoms with Crippen molar-refractivity contribution in [2.75, 3.05) is 6.61 Å². The Labute approximate surface area is 165 Å². The molecule has 2 aromatic carbocycles. The first-order chi connectivity index (χ1) is 12.1. The van der Waals surface area contributed by atoms with Crippen LogP contribution in [0.4, 0.5) is 0 Å². The Balaban J connectivity index is 1.95. The molecular weight excluding hydrogens is 390 g/mol. The lowest BCUT2D eigenvalue weighted by Gasteiger charge is -2.20. The van der Waals surface area contributed by atoms with E-state index in [1.165, 1.54) is 16.7 Å². The van der Waals surface area contributed by atoms with E-state index in [4.69, 9.17) is 4.74 Å². The highest BCUT2D eigenvalue weighted by Crippen LogP contribution is 2.31. The number of carbonyl (C=O) groups excluding carboxylic acids is 1. The Morgan fingerprint density at radius 1 is 1.12 bits per heavy atom. The number of hydrogen-bond acceptors (Lipinski definition) is 2. The van der Waals surface area contributed by atoms with Crippen molar-refractivity contribution >= 4 is 21.8 Å². The third-order valence-corrected chi connectivity index (χ3v) is 5.18. The molecule has 0 bridgehead atoms. The van der Waals surface area contributed by atoms with Crippen LogP contribution in [0.2, 0.25) is 0 Å². The van der Waals surface area contributed by atoms with Gasteiger partial charge in [-0.25, -0.2) is 0 Å². The maximum atomic E-state index is 12.2. The molecule has 0 spiro atoms. The smallest absolute Gasteiger partial charge is 0.258 e. The maximum absolute atomic E-state index is 12.2. The van der Waals surface area contributed by atoms with Gasteiger partial charge in [-0.1, -0.05) is 45.0 Å². The summed E-state index contributed by atoms with van der Waals surface area (Å²) in [5, 5.41) is 2.99. The van der Waals surface area contributed by atoms with E-state index in [1.807, 2.05) is 25.1 Å². The van der Waals surface area contributed by atoms with E-state index in [9.17, 15) is 4.79 Å². The van der Waals surface area contributed by atoms with Crippen LogP contribution < -0.4 is 10.1 Å². The molecule has 0 aromatic heterocycles. The SMILES string of the molecule is Cc1ccc(C(C)NC(=O)COc2ccc(C(C)(C)C)cc2Br)cc1C. The second kappa shape index (κ2) is 8.26. The second-order valence-electron chi connectivity index (χ2n) is 7.82.